The van der Waals surface area contributed by atoms with Crippen LogP contribution in [0.15, 0.2) is 18.2 Å². The van der Waals surface area contributed by atoms with Crippen molar-refractivity contribution in [1.82, 2.24) is 0 Å². The summed E-state index contributed by atoms with van der Waals surface area (Å²) < 4.78 is 4.41. The molecule has 0 spiro atoms. The first-order valence-electron chi connectivity index (χ1n) is 4.53. The number of hydrogen-bond acceptors (Lipinski definition) is 5. The van der Waals surface area contributed by atoms with Crippen LogP contribution in [0.3, 0.4) is 0 Å². The summed E-state index contributed by atoms with van der Waals surface area (Å²) in [6, 6.07) is 3.49. The van der Waals surface area contributed by atoms with Gasteiger partial charge in [0.2, 0.25) is 0 Å². The van der Waals surface area contributed by atoms with Gasteiger partial charge in [0.15, 0.2) is 0 Å². The number of nitro groups is 1. The van der Waals surface area contributed by atoms with Gasteiger partial charge < -0.3 is 9.84 Å². The molecule has 0 aromatic heterocycles. The number of carbonyl (C=O) groups is 2. The summed E-state index contributed by atoms with van der Waals surface area (Å²) in [6.07, 6.45) is -0.142. The Bertz CT molecular complexity index is 482. The number of nitrogens with zero attached hydrogens (tertiary/aromatic N) is 1. The number of carboxylic acid groups (broad SMARTS) is 1. The van der Waals surface area contributed by atoms with Crippen molar-refractivity contribution in [2.24, 2.45) is 0 Å². The van der Waals surface area contributed by atoms with Crippen LogP contribution in [-0.4, -0.2) is 29.1 Å². The Labute approximate surface area is 95.8 Å². The third kappa shape index (κ3) is 3.00. The molecule has 0 saturated carbocycles. The lowest BCUT2D eigenvalue weighted by Crippen LogP contribution is -2.07. The first kappa shape index (κ1) is 12.6. The highest BCUT2D eigenvalue weighted by atomic mass is 16.6. The van der Waals surface area contributed by atoms with Crippen molar-refractivity contribution < 1.29 is 24.4 Å². The number of rotatable bonds is 4. The highest BCUT2D eigenvalue weighted by molar-refractivity contribution is 5.92. The van der Waals surface area contributed by atoms with Crippen molar-refractivity contribution in [2.45, 2.75) is 6.42 Å². The Morgan fingerprint density at radius 2 is 2.12 bits per heavy atom. The zero-order chi connectivity index (χ0) is 13.0. The van der Waals surface area contributed by atoms with Crippen LogP contribution in [0.25, 0.3) is 0 Å². The topological polar surface area (TPSA) is 107 Å². The lowest BCUT2D eigenvalue weighted by molar-refractivity contribution is -0.385. The first-order chi connectivity index (χ1) is 7.95. The molecule has 0 radical (unpaired) electrons. The second-order valence-electron chi connectivity index (χ2n) is 3.17. The quantitative estimate of drug-likeness (QED) is 0.477. The third-order valence-corrected chi connectivity index (χ3v) is 2.07. The predicted octanol–water partition coefficient (Wildman–Crippen LogP) is 1.01. The molecule has 90 valence electrons. The summed E-state index contributed by atoms with van der Waals surface area (Å²) in [4.78, 5) is 31.6. The minimum Gasteiger partial charge on any atom is -0.477 e. The van der Waals surface area contributed by atoms with Gasteiger partial charge in [-0.25, -0.2) is 4.79 Å². The van der Waals surface area contributed by atoms with E-state index in [0.717, 1.165) is 12.1 Å². The van der Waals surface area contributed by atoms with E-state index in [9.17, 15) is 19.7 Å². The number of esters is 1. The first-order valence-corrected chi connectivity index (χ1v) is 4.53. The zero-order valence-electron chi connectivity index (χ0n) is 8.87. The number of carboxylic acids is 1. The van der Waals surface area contributed by atoms with Crippen molar-refractivity contribution in [3.8, 4) is 0 Å². The molecule has 1 rings (SSSR count). The Morgan fingerprint density at radius 1 is 1.47 bits per heavy atom. The molecule has 1 aromatic carbocycles. The molecule has 7 heteroatoms. The van der Waals surface area contributed by atoms with E-state index in [1.807, 2.05) is 0 Å². The van der Waals surface area contributed by atoms with Gasteiger partial charge in [0, 0.05) is 6.07 Å². The van der Waals surface area contributed by atoms with E-state index in [2.05, 4.69) is 4.74 Å². The standard InChI is InChI=1S/C10H9NO6/c1-17-9(12)5-6-2-3-7(10(13)14)8(4-6)11(15)16/h2-4H,5H2,1H3,(H,13,14). The summed E-state index contributed by atoms with van der Waals surface area (Å²) in [7, 11) is 1.20. The molecule has 17 heavy (non-hydrogen) atoms. The van der Waals surface area contributed by atoms with Crippen LogP contribution in [0.4, 0.5) is 5.69 Å². The molecule has 0 heterocycles. The maximum atomic E-state index is 11.0. The smallest absolute Gasteiger partial charge is 0.342 e. The number of methoxy groups -OCH3 is 1. The van der Waals surface area contributed by atoms with Crippen molar-refractivity contribution in [3.63, 3.8) is 0 Å². The number of nitro benzene ring substituents is 1. The maximum Gasteiger partial charge on any atom is 0.342 e. The van der Waals surface area contributed by atoms with Crippen LogP contribution >= 0.6 is 0 Å². The van der Waals surface area contributed by atoms with E-state index in [1.165, 1.54) is 13.2 Å². The minimum atomic E-state index is -1.39. The fourth-order valence-electron chi connectivity index (χ4n) is 1.26. The lowest BCUT2D eigenvalue weighted by atomic mass is 10.1. The monoisotopic (exact) mass is 239 g/mol. The van der Waals surface area contributed by atoms with Gasteiger partial charge in [-0.2, -0.15) is 0 Å². The molecular formula is C10H9NO6. The molecule has 1 aromatic rings. The van der Waals surface area contributed by atoms with E-state index in [1.54, 1.807) is 0 Å². The van der Waals surface area contributed by atoms with Crippen molar-refractivity contribution in [3.05, 3.63) is 39.4 Å². The average molecular weight is 239 g/mol. The fourth-order valence-corrected chi connectivity index (χ4v) is 1.26. The number of ether oxygens (including phenoxy) is 1. The Hall–Kier alpha value is -2.44. The molecule has 1 N–H and O–H groups in total. The Balaban J connectivity index is 3.14. The minimum absolute atomic E-state index is 0.142. The van der Waals surface area contributed by atoms with Gasteiger partial charge in [0.05, 0.1) is 18.5 Å². The molecular weight excluding hydrogens is 230 g/mol. The number of aromatic carboxylic acids is 1. The molecule has 0 amide bonds. The van der Waals surface area contributed by atoms with Gasteiger partial charge in [0.1, 0.15) is 5.56 Å². The third-order valence-electron chi connectivity index (χ3n) is 2.07. The zero-order valence-corrected chi connectivity index (χ0v) is 8.87. The molecule has 0 atom stereocenters. The van der Waals surface area contributed by atoms with Crippen LogP contribution in [0.5, 0.6) is 0 Å². The molecule has 0 aliphatic rings. The van der Waals surface area contributed by atoms with Gasteiger partial charge in [0.25, 0.3) is 5.69 Å². The second kappa shape index (κ2) is 5.06. The van der Waals surface area contributed by atoms with Crippen molar-refractivity contribution in [2.75, 3.05) is 7.11 Å². The van der Waals surface area contributed by atoms with Gasteiger partial charge in [-0.15, -0.1) is 0 Å². The van der Waals surface area contributed by atoms with E-state index in [-0.39, 0.29) is 6.42 Å². The van der Waals surface area contributed by atoms with Gasteiger partial charge in [-0.05, 0) is 11.6 Å². The van der Waals surface area contributed by atoms with Gasteiger partial charge in [-0.1, -0.05) is 6.07 Å². The van der Waals surface area contributed by atoms with E-state index in [0.29, 0.717) is 5.56 Å². The number of benzene rings is 1. The highest BCUT2D eigenvalue weighted by Crippen LogP contribution is 2.20. The molecule has 0 saturated heterocycles. The lowest BCUT2D eigenvalue weighted by Gasteiger charge is -2.02. The predicted molar refractivity (Wildman–Crippen MR) is 55.8 cm³/mol. The van der Waals surface area contributed by atoms with E-state index >= 15 is 0 Å². The fraction of sp³-hybridized carbons (Fsp3) is 0.200. The molecule has 0 aliphatic carbocycles. The molecule has 0 bridgehead atoms. The highest BCUT2D eigenvalue weighted by Gasteiger charge is 2.20. The van der Waals surface area contributed by atoms with Crippen molar-refractivity contribution >= 4 is 17.6 Å². The maximum absolute atomic E-state index is 11.0. The SMILES string of the molecule is COC(=O)Cc1ccc(C(=O)O)c([N+](=O)[O-])c1. The van der Waals surface area contributed by atoms with E-state index < -0.39 is 28.1 Å². The Morgan fingerprint density at radius 3 is 2.59 bits per heavy atom. The second-order valence-corrected chi connectivity index (χ2v) is 3.17. The summed E-state index contributed by atoms with van der Waals surface area (Å²) in [5.74, 6) is -1.94. The van der Waals surface area contributed by atoms with Gasteiger partial charge in [-0.3, -0.25) is 14.9 Å². The molecule has 0 unspecified atom stereocenters. The summed E-state index contributed by atoms with van der Waals surface area (Å²) in [5, 5.41) is 19.4. The van der Waals surface area contributed by atoms with Crippen LogP contribution in [0.1, 0.15) is 15.9 Å². The molecule has 0 aliphatic heterocycles. The summed E-state index contributed by atoms with van der Waals surface area (Å²) in [5.41, 5.74) is -0.629. The molecule has 0 fully saturated rings. The normalized spacial score (nSPS) is 9.71. The largest absolute Gasteiger partial charge is 0.477 e. The van der Waals surface area contributed by atoms with E-state index in [4.69, 9.17) is 5.11 Å². The number of carbonyl (C=O) groups excluding carboxylic acids is 1. The summed E-state index contributed by atoms with van der Waals surface area (Å²) in [6.45, 7) is 0. The van der Waals surface area contributed by atoms with Crippen LogP contribution in [-0.2, 0) is 16.0 Å². The Kier molecular flexibility index (Phi) is 3.76. The van der Waals surface area contributed by atoms with Crippen LogP contribution in [0.2, 0.25) is 0 Å². The van der Waals surface area contributed by atoms with Crippen LogP contribution < -0.4 is 0 Å². The van der Waals surface area contributed by atoms with Crippen molar-refractivity contribution in [1.29, 1.82) is 0 Å². The van der Waals surface area contributed by atoms with Crippen LogP contribution in [0, 0.1) is 10.1 Å². The number of hydrogen-bond donors (Lipinski definition) is 1. The molecule has 7 nitrogen and oxygen atoms in total. The van der Waals surface area contributed by atoms with Gasteiger partial charge >= 0.3 is 11.9 Å². The average Bonchev–Trinajstić information content (AvgIpc) is 2.28. The summed E-state index contributed by atoms with van der Waals surface area (Å²) >= 11 is 0.